The lowest BCUT2D eigenvalue weighted by atomic mass is 9.90. The van der Waals surface area contributed by atoms with Crippen LogP contribution in [0.25, 0.3) is 16.9 Å². The number of aliphatic hydroxyl groups is 1. The number of nitrogens with zero attached hydrogens (tertiary/aromatic N) is 4. The number of ether oxygens (including phenoxy) is 1. The Hall–Kier alpha value is -4.24. The first-order valence-electron chi connectivity index (χ1n) is 14.0. The second kappa shape index (κ2) is 12.3. The Morgan fingerprint density at radius 2 is 1.93 bits per heavy atom. The average molecular weight is 580 g/mol. The lowest BCUT2D eigenvalue weighted by Crippen LogP contribution is -2.44. The van der Waals surface area contributed by atoms with E-state index in [9.17, 15) is 24.3 Å². The van der Waals surface area contributed by atoms with Crippen LogP contribution in [0.4, 0.5) is 14.9 Å². The van der Waals surface area contributed by atoms with E-state index >= 15 is 0 Å². The van der Waals surface area contributed by atoms with Gasteiger partial charge in [-0.25, -0.2) is 13.7 Å². The van der Waals surface area contributed by atoms with Gasteiger partial charge in [-0.3, -0.25) is 9.78 Å². The minimum atomic E-state index is -1.67. The maximum absolute atomic E-state index is 14.4. The van der Waals surface area contributed by atoms with Gasteiger partial charge in [0.15, 0.2) is 0 Å². The van der Waals surface area contributed by atoms with Gasteiger partial charge in [0.25, 0.3) is 5.91 Å². The number of aromatic nitrogens is 3. The first-order chi connectivity index (χ1) is 19.7. The van der Waals surface area contributed by atoms with Crippen LogP contribution in [0, 0.1) is 11.3 Å². The summed E-state index contributed by atoms with van der Waals surface area (Å²) in [6.45, 7) is 7.74. The Morgan fingerprint density at radius 3 is 2.62 bits per heavy atom. The molecule has 1 aliphatic rings. The third-order valence-corrected chi connectivity index (χ3v) is 7.00. The van der Waals surface area contributed by atoms with E-state index in [0.29, 0.717) is 34.6 Å². The largest absolute Gasteiger partial charge is 0.444 e. The summed E-state index contributed by atoms with van der Waals surface area (Å²) in [5.41, 5.74) is 0.818. The summed E-state index contributed by atoms with van der Waals surface area (Å²) in [5, 5.41) is 32.5. The van der Waals surface area contributed by atoms with E-state index in [4.69, 9.17) is 4.74 Å². The molecule has 1 saturated carbocycles. The van der Waals surface area contributed by atoms with Crippen molar-refractivity contribution in [2.75, 3.05) is 11.9 Å². The predicted octanol–water partition coefficient (Wildman–Crippen LogP) is 4.35. The highest BCUT2D eigenvalue weighted by Gasteiger charge is 2.29. The fraction of sp³-hybridized carbons (Fsp3) is 0.500. The summed E-state index contributed by atoms with van der Waals surface area (Å²) in [5.74, 6) is -0.542. The molecule has 3 heterocycles. The molecule has 0 saturated heterocycles. The van der Waals surface area contributed by atoms with E-state index in [0.717, 1.165) is 19.3 Å². The minimum Gasteiger partial charge on any atom is -0.444 e. The van der Waals surface area contributed by atoms with Crippen molar-refractivity contribution in [2.45, 2.75) is 89.8 Å². The predicted molar refractivity (Wildman–Crippen MR) is 156 cm³/mol. The lowest BCUT2D eigenvalue weighted by molar-refractivity contribution is -0.00178. The number of amides is 2. The number of anilines is 1. The number of alkyl halides is 1. The third kappa shape index (κ3) is 7.73. The highest BCUT2D eigenvalue weighted by molar-refractivity contribution is 6.00. The number of nitrogens with one attached hydrogen (secondary N) is 3. The fourth-order valence-electron chi connectivity index (χ4n) is 4.82. The molecule has 3 aromatic heterocycles. The van der Waals surface area contributed by atoms with Gasteiger partial charge in [-0.05, 0) is 84.6 Å². The molecule has 11 nitrogen and oxygen atoms in total. The summed E-state index contributed by atoms with van der Waals surface area (Å²) in [6.07, 6.45) is 3.81. The Kier molecular flexibility index (Phi) is 9.01. The molecule has 0 unspecified atom stereocenters. The van der Waals surface area contributed by atoms with Gasteiger partial charge >= 0.3 is 6.09 Å². The second-order valence-corrected chi connectivity index (χ2v) is 12.2. The molecule has 1 aliphatic carbocycles. The lowest BCUT2D eigenvalue weighted by Gasteiger charge is -2.32. The Labute approximate surface area is 244 Å². The SMILES string of the molecule is CC(C)(C)OC(=O)N[C@@H]1CCC[C@H](Nc2cc(-c3ccc4cc(C#N)cnn34)ncc2C(=O)NC[C@@H](F)C(C)(C)O)C1. The number of hydrogen-bond donors (Lipinski definition) is 4. The van der Waals surface area contributed by atoms with Gasteiger partial charge in [-0.1, -0.05) is 0 Å². The first kappa shape index (κ1) is 30.7. The zero-order valence-electron chi connectivity index (χ0n) is 24.6. The smallest absolute Gasteiger partial charge is 0.407 e. The first-order valence-corrected chi connectivity index (χ1v) is 14.0. The molecule has 0 spiro atoms. The number of fused-ring (bicyclic) bond motifs is 1. The van der Waals surface area contributed by atoms with Crippen LogP contribution in [0.1, 0.15) is 76.2 Å². The number of rotatable bonds is 8. The molecule has 4 N–H and O–H groups in total. The molecule has 3 aromatic rings. The fourth-order valence-corrected chi connectivity index (χ4v) is 4.82. The zero-order chi connectivity index (χ0) is 30.7. The molecule has 1 fully saturated rings. The maximum atomic E-state index is 14.4. The van der Waals surface area contributed by atoms with Crippen molar-refractivity contribution in [1.29, 1.82) is 5.26 Å². The van der Waals surface area contributed by atoms with Gasteiger partial charge in [0.2, 0.25) is 0 Å². The Balaban J connectivity index is 1.60. The van der Waals surface area contributed by atoms with Crippen LogP contribution >= 0.6 is 0 Å². The van der Waals surface area contributed by atoms with Crippen LogP contribution in [0.3, 0.4) is 0 Å². The van der Waals surface area contributed by atoms with Crippen LogP contribution in [-0.4, -0.2) is 67.7 Å². The number of nitriles is 1. The molecule has 2 amide bonds. The van der Waals surface area contributed by atoms with Gasteiger partial charge in [0, 0.05) is 18.3 Å². The summed E-state index contributed by atoms with van der Waals surface area (Å²) in [7, 11) is 0. The van der Waals surface area contributed by atoms with Crippen molar-refractivity contribution in [2.24, 2.45) is 0 Å². The molecule has 0 aromatic carbocycles. The van der Waals surface area contributed by atoms with E-state index in [1.54, 1.807) is 16.6 Å². The van der Waals surface area contributed by atoms with E-state index in [2.05, 4.69) is 32.1 Å². The Bertz CT molecular complexity index is 1490. The van der Waals surface area contributed by atoms with Crippen molar-refractivity contribution in [3.63, 3.8) is 0 Å². The number of carbonyl (C=O) groups excluding carboxylic acids is 2. The molecule has 3 atom stereocenters. The van der Waals surface area contributed by atoms with E-state index < -0.39 is 29.4 Å². The summed E-state index contributed by atoms with van der Waals surface area (Å²) < 4.78 is 21.5. The summed E-state index contributed by atoms with van der Waals surface area (Å²) in [4.78, 5) is 30.1. The van der Waals surface area contributed by atoms with E-state index in [1.165, 1.54) is 26.2 Å². The highest BCUT2D eigenvalue weighted by Crippen LogP contribution is 2.29. The molecule has 42 heavy (non-hydrogen) atoms. The molecule has 0 bridgehead atoms. The molecule has 0 radical (unpaired) electrons. The molecule has 4 rings (SSSR count). The maximum Gasteiger partial charge on any atom is 0.407 e. The van der Waals surface area contributed by atoms with Crippen LogP contribution in [0.15, 0.2) is 36.7 Å². The normalized spacial score (nSPS) is 18.1. The van der Waals surface area contributed by atoms with Crippen LogP contribution in [0.2, 0.25) is 0 Å². The van der Waals surface area contributed by atoms with Gasteiger partial charge in [-0.15, -0.1) is 0 Å². The van der Waals surface area contributed by atoms with Gasteiger partial charge in [-0.2, -0.15) is 10.4 Å². The van der Waals surface area contributed by atoms with Crippen molar-refractivity contribution >= 4 is 23.2 Å². The van der Waals surface area contributed by atoms with Crippen LogP contribution in [-0.2, 0) is 4.74 Å². The van der Waals surface area contributed by atoms with E-state index in [1.807, 2.05) is 32.9 Å². The van der Waals surface area contributed by atoms with Crippen molar-refractivity contribution in [1.82, 2.24) is 25.2 Å². The molecule has 12 heteroatoms. The average Bonchev–Trinajstić information content (AvgIpc) is 3.33. The van der Waals surface area contributed by atoms with Crippen molar-refractivity contribution in [3.8, 4) is 17.5 Å². The van der Waals surface area contributed by atoms with Gasteiger partial charge in [0.05, 0.1) is 52.1 Å². The number of alkyl carbamates (subject to hydrolysis) is 1. The Morgan fingerprint density at radius 1 is 1.19 bits per heavy atom. The molecule has 224 valence electrons. The number of halogens is 1. The monoisotopic (exact) mass is 579 g/mol. The second-order valence-electron chi connectivity index (χ2n) is 12.2. The zero-order valence-corrected chi connectivity index (χ0v) is 24.6. The van der Waals surface area contributed by atoms with Crippen molar-refractivity contribution < 1.29 is 23.8 Å². The molecular formula is C30H38FN7O4. The number of carbonyl (C=O) groups is 2. The van der Waals surface area contributed by atoms with Crippen LogP contribution in [0.5, 0.6) is 0 Å². The molecular weight excluding hydrogens is 541 g/mol. The minimum absolute atomic E-state index is 0.0776. The quantitative estimate of drug-likeness (QED) is 0.307. The number of hydrogen-bond acceptors (Lipinski definition) is 8. The van der Waals surface area contributed by atoms with Crippen LogP contribution < -0.4 is 16.0 Å². The van der Waals surface area contributed by atoms with E-state index in [-0.39, 0.29) is 24.2 Å². The molecule has 0 aliphatic heterocycles. The van der Waals surface area contributed by atoms with Crippen molar-refractivity contribution in [3.05, 3.63) is 47.8 Å². The van der Waals surface area contributed by atoms with Gasteiger partial charge in [0.1, 0.15) is 17.8 Å². The summed E-state index contributed by atoms with van der Waals surface area (Å²) in [6, 6.07) is 8.99. The topological polar surface area (TPSA) is 154 Å². The standard InChI is InChI=1S/C30H38FN7O4/c1-29(2,3)42-28(40)37-20-8-6-7-19(12-20)36-23-13-24(25-10-9-21-11-18(14-32)15-35-38(21)25)33-16-22(23)27(39)34-17-26(31)30(4,5)41/h9-11,13,15-16,19-20,26,41H,6-8,12,17H2,1-5H3,(H,33,36)(H,34,39)(H,37,40)/t19-,20+,26+/m0/s1. The van der Waals surface area contributed by atoms with Gasteiger partial charge < -0.3 is 25.8 Å². The highest BCUT2D eigenvalue weighted by atomic mass is 19.1. The summed E-state index contributed by atoms with van der Waals surface area (Å²) >= 11 is 0. The number of pyridine rings is 1. The third-order valence-electron chi connectivity index (χ3n) is 7.00.